The zero-order chi connectivity index (χ0) is 15.2. The average Bonchev–Trinajstić information content (AvgIpc) is 2.94. The number of hydrogen-bond donors (Lipinski definition) is 1. The zero-order valence-corrected chi connectivity index (χ0v) is 13.2. The fraction of sp³-hybridized carbons (Fsp3) is 0.533. The topological polar surface area (TPSA) is 49.8 Å². The first kappa shape index (κ1) is 16.4. The molecule has 0 bridgehead atoms. The van der Waals surface area contributed by atoms with Gasteiger partial charge in [-0.15, -0.1) is 0 Å². The van der Waals surface area contributed by atoms with Gasteiger partial charge in [0, 0.05) is 12.6 Å². The molecule has 4 nitrogen and oxygen atoms in total. The van der Waals surface area contributed by atoms with E-state index in [1.807, 2.05) is 4.90 Å². The molecule has 1 aliphatic carbocycles. The van der Waals surface area contributed by atoms with E-state index in [1.54, 1.807) is 18.2 Å². The molecule has 6 heteroatoms. The van der Waals surface area contributed by atoms with E-state index in [2.05, 4.69) is 0 Å². The van der Waals surface area contributed by atoms with Gasteiger partial charge in [-0.25, -0.2) is 0 Å². The lowest BCUT2D eigenvalue weighted by atomic mass is 10.2. The van der Waals surface area contributed by atoms with Crippen LogP contribution < -0.4 is 4.74 Å². The molecule has 0 amide bonds. The van der Waals surface area contributed by atoms with Crippen LogP contribution in [0.25, 0.3) is 0 Å². The van der Waals surface area contributed by atoms with Crippen molar-refractivity contribution in [1.82, 2.24) is 4.90 Å². The second-order valence-electron chi connectivity index (χ2n) is 5.20. The van der Waals surface area contributed by atoms with Crippen LogP contribution in [0, 0.1) is 0 Å². The number of halogens is 2. The zero-order valence-electron chi connectivity index (χ0n) is 11.7. The van der Waals surface area contributed by atoms with Gasteiger partial charge in [-0.05, 0) is 25.0 Å². The predicted molar refractivity (Wildman–Crippen MR) is 83.4 cm³/mol. The Morgan fingerprint density at radius 1 is 1.29 bits per heavy atom. The number of rotatable bonds is 7. The van der Waals surface area contributed by atoms with Crippen molar-refractivity contribution in [3.63, 3.8) is 0 Å². The second-order valence-corrected chi connectivity index (χ2v) is 6.02. The van der Waals surface area contributed by atoms with Crippen LogP contribution in [0.5, 0.6) is 5.75 Å². The summed E-state index contributed by atoms with van der Waals surface area (Å²) >= 11 is 12.1. The highest BCUT2D eigenvalue weighted by molar-refractivity contribution is 6.37. The number of benzene rings is 1. The van der Waals surface area contributed by atoms with Crippen LogP contribution in [0.1, 0.15) is 25.7 Å². The van der Waals surface area contributed by atoms with Gasteiger partial charge in [-0.1, -0.05) is 42.1 Å². The first-order valence-corrected chi connectivity index (χ1v) is 7.86. The largest absolute Gasteiger partial charge is 0.489 e. The molecule has 0 radical (unpaired) electrons. The summed E-state index contributed by atoms with van der Waals surface area (Å²) in [4.78, 5) is 13.0. The van der Waals surface area contributed by atoms with Gasteiger partial charge >= 0.3 is 5.97 Å². The number of nitrogens with zero attached hydrogens (tertiary/aromatic N) is 1. The minimum absolute atomic E-state index is 0.0459. The average molecular weight is 332 g/mol. The van der Waals surface area contributed by atoms with Crippen LogP contribution in [-0.2, 0) is 4.79 Å². The van der Waals surface area contributed by atoms with Crippen LogP contribution in [0.2, 0.25) is 10.0 Å². The summed E-state index contributed by atoms with van der Waals surface area (Å²) in [6.45, 7) is 0.968. The molecule has 0 heterocycles. The van der Waals surface area contributed by atoms with Gasteiger partial charge in [0.1, 0.15) is 6.61 Å². The fourth-order valence-electron chi connectivity index (χ4n) is 2.72. The van der Waals surface area contributed by atoms with Crippen LogP contribution in [-0.4, -0.2) is 41.7 Å². The molecule has 0 aliphatic heterocycles. The van der Waals surface area contributed by atoms with Crippen LogP contribution in [0.15, 0.2) is 18.2 Å². The van der Waals surface area contributed by atoms with Crippen molar-refractivity contribution < 1.29 is 14.6 Å². The Hall–Kier alpha value is -0.970. The highest BCUT2D eigenvalue weighted by atomic mass is 35.5. The van der Waals surface area contributed by atoms with E-state index < -0.39 is 5.97 Å². The van der Waals surface area contributed by atoms with E-state index >= 15 is 0 Å². The molecule has 0 unspecified atom stereocenters. The summed E-state index contributed by atoms with van der Waals surface area (Å²) in [6, 6.07) is 5.53. The molecule has 1 aromatic carbocycles. The first-order chi connectivity index (χ1) is 10.1. The third-order valence-electron chi connectivity index (χ3n) is 3.72. The van der Waals surface area contributed by atoms with Crippen molar-refractivity contribution in [2.24, 2.45) is 0 Å². The first-order valence-electron chi connectivity index (χ1n) is 7.10. The van der Waals surface area contributed by atoms with E-state index in [0.717, 1.165) is 25.7 Å². The van der Waals surface area contributed by atoms with Crippen molar-refractivity contribution >= 4 is 29.2 Å². The van der Waals surface area contributed by atoms with Crippen LogP contribution in [0.4, 0.5) is 0 Å². The van der Waals surface area contributed by atoms with Crippen molar-refractivity contribution in [2.45, 2.75) is 31.7 Å². The third kappa shape index (κ3) is 4.77. The van der Waals surface area contributed by atoms with Gasteiger partial charge in [0.05, 0.1) is 16.6 Å². The van der Waals surface area contributed by atoms with E-state index in [4.69, 9.17) is 33.0 Å². The molecule has 1 saturated carbocycles. The van der Waals surface area contributed by atoms with Gasteiger partial charge in [0.2, 0.25) is 0 Å². The number of hydrogen-bond acceptors (Lipinski definition) is 3. The molecule has 0 atom stereocenters. The highest BCUT2D eigenvalue weighted by Crippen LogP contribution is 2.32. The Morgan fingerprint density at radius 2 is 1.90 bits per heavy atom. The summed E-state index contributed by atoms with van der Waals surface area (Å²) < 4.78 is 5.64. The molecular weight excluding hydrogens is 313 g/mol. The summed E-state index contributed by atoms with van der Waals surface area (Å²) in [5.74, 6) is -0.347. The fourth-order valence-corrected chi connectivity index (χ4v) is 3.23. The second kappa shape index (κ2) is 7.87. The van der Waals surface area contributed by atoms with Crippen molar-refractivity contribution in [2.75, 3.05) is 19.7 Å². The molecule has 1 aromatic rings. The lowest BCUT2D eigenvalue weighted by Crippen LogP contribution is -2.40. The van der Waals surface area contributed by atoms with Crippen LogP contribution in [0.3, 0.4) is 0 Å². The van der Waals surface area contributed by atoms with Gasteiger partial charge in [0.15, 0.2) is 5.75 Å². The number of ether oxygens (including phenoxy) is 1. The number of carbonyl (C=O) groups is 1. The van der Waals surface area contributed by atoms with Gasteiger partial charge < -0.3 is 9.84 Å². The van der Waals surface area contributed by atoms with E-state index in [9.17, 15) is 4.79 Å². The Kier molecular flexibility index (Phi) is 6.15. The lowest BCUT2D eigenvalue weighted by Gasteiger charge is -2.27. The quantitative estimate of drug-likeness (QED) is 0.827. The Bertz CT molecular complexity index is 470. The van der Waals surface area contributed by atoms with Gasteiger partial charge in [0.25, 0.3) is 0 Å². The van der Waals surface area contributed by atoms with Gasteiger partial charge in [-0.2, -0.15) is 0 Å². The molecule has 0 spiro atoms. The molecule has 1 fully saturated rings. The number of carboxylic acids is 1. The number of carboxylic acid groups (broad SMARTS) is 1. The van der Waals surface area contributed by atoms with E-state index in [0.29, 0.717) is 35.0 Å². The van der Waals surface area contributed by atoms with Crippen LogP contribution >= 0.6 is 23.2 Å². The Morgan fingerprint density at radius 3 is 2.48 bits per heavy atom. The monoisotopic (exact) mass is 331 g/mol. The predicted octanol–water partition coefficient (Wildman–Crippen LogP) is 3.70. The minimum Gasteiger partial charge on any atom is -0.489 e. The Labute approximate surface area is 134 Å². The molecule has 21 heavy (non-hydrogen) atoms. The van der Waals surface area contributed by atoms with E-state index in [1.165, 1.54) is 0 Å². The van der Waals surface area contributed by atoms with Crippen molar-refractivity contribution in [1.29, 1.82) is 0 Å². The van der Waals surface area contributed by atoms with Gasteiger partial charge in [-0.3, -0.25) is 9.69 Å². The van der Waals surface area contributed by atoms with Crippen molar-refractivity contribution in [3.05, 3.63) is 28.2 Å². The molecule has 2 rings (SSSR count). The summed E-state index contributed by atoms with van der Waals surface area (Å²) in [7, 11) is 0. The molecular formula is C15H19Cl2NO3. The van der Waals surface area contributed by atoms with E-state index in [-0.39, 0.29) is 6.54 Å². The number of aliphatic carboxylic acids is 1. The third-order valence-corrected chi connectivity index (χ3v) is 4.32. The summed E-state index contributed by atoms with van der Waals surface area (Å²) in [6.07, 6.45) is 4.44. The lowest BCUT2D eigenvalue weighted by molar-refractivity contribution is -0.139. The standard InChI is InChI=1S/C15H19Cl2NO3/c16-12-6-3-7-13(17)15(12)21-9-8-18(10-14(19)20)11-4-1-2-5-11/h3,6-7,11H,1-2,4-5,8-10H2,(H,19,20). The molecule has 0 aromatic heterocycles. The summed E-state index contributed by atoms with van der Waals surface area (Å²) in [5.41, 5.74) is 0. The summed E-state index contributed by atoms with van der Waals surface area (Å²) in [5, 5.41) is 9.96. The number of para-hydroxylation sites is 1. The smallest absolute Gasteiger partial charge is 0.317 e. The normalized spacial score (nSPS) is 15.6. The minimum atomic E-state index is -0.808. The maximum Gasteiger partial charge on any atom is 0.317 e. The molecule has 116 valence electrons. The SMILES string of the molecule is O=C(O)CN(CCOc1c(Cl)cccc1Cl)C1CCCC1. The highest BCUT2D eigenvalue weighted by Gasteiger charge is 2.24. The molecule has 0 saturated heterocycles. The van der Waals surface area contributed by atoms with Crippen molar-refractivity contribution in [3.8, 4) is 5.75 Å². The maximum absolute atomic E-state index is 11.0. The Balaban J connectivity index is 1.90. The molecule has 1 N–H and O–H groups in total. The maximum atomic E-state index is 11.0. The molecule has 1 aliphatic rings.